The average molecular weight is 314 g/mol. The van der Waals surface area contributed by atoms with Crippen LogP contribution in [-0.4, -0.2) is 32.5 Å². The molecule has 0 bridgehead atoms. The second-order valence-electron chi connectivity index (χ2n) is 6.78. The van der Waals surface area contributed by atoms with E-state index in [0.717, 1.165) is 30.2 Å². The third-order valence-corrected chi connectivity index (χ3v) is 3.62. The van der Waals surface area contributed by atoms with Gasteiger partial charge < -0.3 is 10.1 Å². The molecule has 6 nitrogen and oxygen atoms in total. The largest absolute Gasteiger partial charge is 0.444 e. The van der Waals surface area contributed by atoms with Crippen LogP contribution < -0.4 is 5.32 Å². The number of carbonyl (C=O) groups excluding carboxylic acids is 1. The Morgan fingerprint density at radius 3 is 2.74 bits per heavy atom. The van der Waals surface area contributed by atoms with Crippen LogP contribution in [0.4, 0.5) is 4.79 Å². The normalized spacial score (nSPS) is 17.4. The van der Waals surface area contributed by atoms with Gasteiger partial charge in [-0.1, -0.05) is 30.3 Å². The minimum atomic E-state index is -0.487. The summed E-state index contributed by atoms with van der Waals surface area (Å²) in [7, 11) is 0. The number of hydrogen-bond acceptors (Lipinski definition) is 4. The van der Waals surface area contributed by atoms with Gasteiger partial charge >= 0.3 is 6.09 Å². The molecule has 3 rings (SSSR count). The zero-order chi connectivity index (χ0) is 16.4. The molecule has 1 aromatic carbocycles. The van der Waals surface area contributed by atoms with Gasteiger partial charge in [0.1, 0.15) is 11.4 Å². The Bertz CT molecular complexity index is 688. The van der Waals surface area contributed by atoms with Crippen LogP contribution in [0, 0.1) is 0 Å². The fraction of sp³-hybridized carbons (Fsp3) is 0.471. The molecule has 0 fully saturated rings. The number of nitrogens with one attached hydrogen (secondary N) is 1. The number of ether oxygens (including phenoxy) is 1. The predicted octanol–water partition coefficient (Wildman–Crippen LogP) is 2.78. The lowest BCUT2D eigenvalue weighted by Crippen LogP contribution is -2.43. The number of carbonyl (C=O) groups is 1. The Hall–Kier alpha value is -2.37. The van der Waals surface area contributed by atoms with Gasteiger partial charge in [0.15, 0.2) is 5.82 Å². The minimum Gasteiger partial charge on any atom is -0.444 e. The summed E-state index contributed by atoms with van der Waals surface area (Å²) in [5.74, 6) is 1.63. The number of aryl methyl sites for hydroxylation is 1. The highest BCUT2D eigenvalue weighted by atomic mass is 16.6. The van der Waals surface area contributed by atoms with Crippen molar-refractivity contribution < 1.29 is 9.53 Å². The molecule has 1 atom stereocenters. The smallest absolute Gasteiger partial charge is 0.407 e. The SMILES string of the molecule is CC(C)(C)OC(=O)NC1CCn2nc(-c3ccccc3)nc2C1. The first-order chi connectivity index (χ1) is 10.9. The second-order valence-corrected chi connectivity index (χ2v) is 6.78. The maximum absolute atomic E-state index is 11.9. The van der Waals surface area contributed by atoms with Crippen molar-refractivity contribution in [1.29, 1.82) is 0 Å². The van der Waals surface area contributed by atoms with Crippen molar-refractivity contribution in [3.63, 3.8) is 0 Å². The monoisotopic (exact) mass is 314 g/mol. The summed E-state index contributed by atoms with van der Waals surface area (Å²) in [6, 6.07) is 9.95. The predicted molar refractivity (Wildman–Crippen MR) is 86.9 cm³/mol. The molecule has 0 saturated heterocycles. The molecule has 2 aromatic rings. The number of amides is 1. The third-order valence-electron chi connectivity index (χ3n) is 3.62. The van der Waals surface area contributed by atoms with Crippen molar-refractivity contribution in [2.45, 2.75) is 51.8 Å². The highest BCUT2D eigenvalue weighted by molar-refractivity contribution is 5.68. The fourth-order valence-electron chi connectivity index (χ4n) is 2.61. The van der Waals surface area contributed by atoms with Crippen molar-refractivity contribution in [3.8, 4) is 11.4 Å². The topological polar surface area (TPSA) is 69.0 Å². The zero-order valence-electron chi connectivity index (χ0n) is 13.7. The number of aromatic nitrogens is 3. The van der Waals surface area contributed by atoms with Crippen molar-refractivity contribution >= 4 is 6.09 Å². The van der Waals surface area contributed by atoms with Crippen LogP contribution in [0.2, 0.25) is 0 Å². The Balaban J connectivity index is 1.67. The van der Waals surface area contributed by atoms with Gasteiger partial charge in [-0.25, -0.2) is 14.5 Å². The first kappa shape index (κ1) is 15.5. The standard InChI is InChI=1S/C17H22N4O2/c1-17(2,3)23-16(22)18-13-9-10-21-14(11-13)19-15(20-21)12-7-5-4-6-8-12/h4-8,13H,9-11H2,1-3H3,(H,18,22). The molecule has 6 heteroatoms. The number of alkyl carbamates (subject to hydrolysis) is 1. The average Bonchev–Trinajstić information content (AvgIpc) is 2.89. The van der Waals surface area contributed by atoms with Crippen LogP contribution in [0.3, 0.4) is 0 Å². The van der Waals surface area contributed by atoms with E-state index < -0.39 is 5.60 Å². The molecule has 2 heterocycles. The molecular weight excluding hydrogens is 292 g/mol. The molecular formula is C17H22N4O2. The Kier molecular flexibility index (Phi) is 4.07. The van der Waals surface area contributed by atoms with Crippen LogP contribution in [0.1, 0.15) is 33.0 Å². The highest BCUT2D eigenvalue weighted by Gasteiger charge is 2.25. The third kappa shape index (κ3) is 3.88. The van der Waals surface area contributed by atoms with Crippen molar-refractivity contribution in [1.82, 2.24) is 20.1 Å². The summed E-state index contributed by atoms with van der Waals surface area (Å²) in [6.07, 6.45) is 1.11. The Labute approximate surface area is 135 Å². The zero-order valence-corrected chi connectivity index (χ0v) is 13.7. The Morgan fingerprint density at radius 1 is 1.30 bits per heavy atom. The van der Waals surface area contributed by atoms with E-state index in [-0.39, 0.29) is 12.1 Å². The molecule has 23 heavy (non-hydrogen) atoms. The molecule has 0 saturated carbocycles. The molecule has 1 N–H and O–H groups in total. The van der Waals surface area contributed by atoms with Crippen LogP contribution in [0.25, 0.3) is 11.4 Å². The van der Waals surface area contributed by atoms with Crippen molar-refractivity contribution in [3.05, 3.63) is 36.2 Å². The van der Waals surface area contributed by atoms with Gasteiger partial charge in [-0.15, -0.1) is 0 Å². The van der Waals surface area contributed by atoms with Crippen LogP contribution in [0.5, 0.6) is 0 Å². The van der Waals surface area contributed by atoms with Gasteiger partial charge in [0.05, 0.1) is 0 Å². The molecule has 0 aliphatic carbocycles. The van der Waals surface area contributed by atoms with Crippen molar-refractivity contribution in [2.24, 2.45) is 0 Å². The summed E-state index contributed by atoms with van der Waals surface area (Å²) in [5, 5.41) is 7.48. The molecule has 1 amide bonds. The van der Waals surface area contributed by atoms with Crippen LogP contribution in [-0.2, 0) is 17.7 Å². The number of nitrogens with zero attached hydrogens (tertiary/aromatic N) is 3. The van der Waals surface area contributed by atoms with Gasteiger partial charge in [-0.3, -0.25) is 0 Å². The second kappa shape index (κ2) is 6.02. The number of fused-ring (bicyclic) bond motifs is 1. The van der Waals surface area contributed by atoms with Gasteiger partial charge in [0.25, 0.3) is 0 Å². The van der Waals surface area contributed by atoms with E-state index in [1.165, 1.54) is 0 Å². The van der Waals surface area contributed by atoms with Crippen LogP contribution >= 0.6 is 0 Å². The lowest BCUT2D eigenvalue weighted by atomic mass is 10.1. The summed E-state index contributed by atoms with van der Waals surface area (Å²) < 4.78 is 7.24. The molecule has 1 aromatic heterocycles. The van der Waals surface area contributed by atoms with Crippen molar-refractivity contribution in [2.75, 3.05) is 0 Å². The summed E-state index contributed by atoms with van der Waals surface area (Å²) >= 11 is 0. The molecule has 122 valence electrons. The summed E-state index contributed by atoms with van der Waals surface area (Å²) in [6.45, 7) is 6.32. The first-order valence-corrected chi connectivity index (χ1v) is 7.89. The lowest BCUT2D eigenvalue weighted by Gasteiger charge is -2.25. The van der Waals surface area contributed by atoms with Crippen LogP contribution in [0.15, 0.2) is 30.3 Å². The van der Waals surface area contributed by atoms with Gasteiger partial charge in [-0.05, 0) is 27.2 Å². The lowest BCUT2D eigenvalue weighted by molar-refractivity contribution is 0.0496. The van der Waals surface area contributed by atoms with Gasteiger partial charge in [0.2, 0.25) is 0 Å². The van der Waals surface area contributed by atoms with Gasteiger partial charge in [0, 0.05) is 24.6 Å². The number of rotatable bonds is 2. The maximum Gasteiger partial charge on any atom is 0.407 e. The summed E-state index contributed by atoms with van der Waals surface area (Å²) in [4.78, 5) is 16.5. The Morgan fingerprint density at radius 2 is 2.04 bits per heavy atom. The van der Waals surface area contributed by atoms with E-state index in [9.17, 15) is 4.79 Å². The summed E-state index contributed by atoms with van der Waals surface area (Å²) in [5.41, 5.74) is 0.519. The molecule has 0 radical (unpaired) electrons. The van der Waals surface area contributed by atoms with E-state index in [0.29, 0.717) is 6.42 Å². The van der Waals surface area contributed by atoms with E-state index in [4.69, 9.17) is 4.74 Å². The molecule has 1 aliphatic heterocycles. The number of benzene rings is 1. The maximum atomic E-state index is 11.9. The molecule has 1 aliphatic rings. The first-order valence-electron chi connectivity index (χ1n) is 7.89. The van der Waals surface area contributed by atoms with Gasteiger partial charge in [-0.2, -0.15) is 5.10 Å². The van der Waals surface area contributed by atoms with E-state index in [1.807, 2.05) is 55.8 Å². The highest BCUT2D eigenvalue weighted by Crippen LogP contribution is 2.20. The van der Waals surface area contributed by atoms with E-state index in [1.54, 1.807) is 0 Å². The fourth-order valence-corrected chi connectivity index (χ4v) is 2.61. The molecule has 0 spiro atoms. The minimum absolute atomic E-state index is 0.0326. The molecule has 1 unspecified atom stereocenters. The van der Waals surface area contributed by atoms with E-state index in [2.05, 4.69) is 15.4 Å². The number of hydrogen-bond donors (Lipinski definition) is 1. The van der Waals surface area contributed by atoms with E-state index >= 15 is 0 Å². The quantitative estimate of drug-likeness (QED) is 0.925.